The van der Waals surface area contributed by atoms with Gasteiger partial charge in [-0.25, -0.2) is 4.79 Å². The highest BCUT2D eigenvalue weighted by molar-refractivity contribution is 6.00. The van der Waals surface area contributed by atoms with Crippen LogP contribution in [0.1, 0.15) is 35.2 Å². The number of carbonyl (C=O) groups is 3. The van der Waals surface area contributed by atoms with Gasteiger partial charge in [0.15, 0.2) is 5.78 Å². The smallest absolute Gasteiger partial charge is 0.341 e. The van der Waals surface area contributed by atoms with Crippen LogP contribution in [-0.2, 0) is 11.3 Å². The van der Waals surface area contributed by atoms with Gasteiger partial charge in [0.25, 0.3) is 0 Å². The monoisotopic (exact) mass is 524 g/mol. The van der Waals surface area contributed by atoms with Crippen molar-refractivity contribution in [2.75, 3.05) is 24.5 Å². The van der Waals surface area contributed by atoms with Crippen LogP contribution in [0.2, 0.25) is 0 Å². The number of halogens is 3. The Balaban J connectivity index is 1.54. The number of rotatable bonds is 7. The molecule has 198 valence electrons. The predicted octanol–water partition coefficient (Wildman–Crippen LogP) is 5.22. The molecule has 0 spiro atoms. The number of hydrogen-bond donors (Lipinski definition) is 1. The zero-order valence-electron chi connectivity index (χ0n) is 20.6. The first-order valence-corrected chi connectivity index (χ1v) is 12.3. The van der Waals surface area contributed by atoms with Crippen molar-refractivity contribution in [2.24, 2.45) is 0 Å². The maximum atomic E-state index is 13.6. The summed E-state index contributed by atoms with van der Waals surface area (Å²) < 4.78 is 37.1. The number of amides is 3. The summed E-state index contributed by atoms with van der Waals surface area (Å²) in [5.41, 5.74) is 3.42. The number of piperidine rings is 1. The molecule has 0 bridgehead atoms. The van der Waals surface area contributed by atoms with Gasteiger partial charge in [-0.1, -0.05) is 42.5 Å². The van der Waals surface area contributed by atoms with Gasteiger partial charge in [-0.2, -0.15) is 13.2 Å². The normalized spacial score (nSPS) is 13.6. The molecule has 4 rings (SSSR count). The van der Waals surface area contributed by atoms with E-state index < -0.39 is 24.4 Å². The van der Waals surface area contributed by atoms with Crippen LogP contribution < -0.4 is 10.2 Å². The largest absolute Gasteiger partial charge is 0.471 e. The number of carbonyl (C=O) groups excluding carboxylic acids is 3. The van der Waals surface area contributed by atoms with Crippen molar-refractivity contribution in [3.05, 3.63) is 84.2 Å². The summed E-state index contributed by atoms with van der Waals surface area (Å²) in [6, 6.07) is 17.5. The second-order valence-corrected chi connectivity index (χ2v) is 9.01. The van der Waals surface area contributed by atoms with Gasteiger partial charge < -0.3 is 10.2 Å². The van der Waals surface area contributed by atoms with Gasteiger partial charge in [0.05, 0.1) is 13.1 Å². The van der Waals surface area contributed by atoms with Gasteiger partial charge in [0, 0.05) is 42.3 Å². The quantitative estimate of drug-likeness (QED) is 0.430. The van der Waals surface area contributed by atoms with E-state index in [1.165, 1.54) is 12.1 Å². The first-order chi connectivity index (χ1) is 18.2. The van der Waals surface area contributed by atoms with Crippen LogP contribution >= 0.6 is 0 Å². The van der Waals surface area contributed by atoms with Gasteiger partial charge in [0.1, 0.15) is 0 Å². The number of hydrogen-bond acceptors (Lipinski definition) is 4. The number of nitrogens with one attached hydrogen (secondary N) is 1. The summed E-state index contributed by atoms with van der Waals surface area (Å²) in [4.78, 5) is 44.5. The zero-order valence-corrected chi connectivity index (χ0v) is 20.6. The number of alkyl halides is 3. The van der Waals surface area contributed by atoms with E-state index in [0.717, 1.165) is 36.0 Å². The van der Waals surface area contributed by atoms with Gasteiger partial charge in [0.2, 0.25) is 0 Å². The molecular weight excluding hydrogens is 497 g/mol. The van der Waals surface area contributed by atoms with Crippen molar-refractivity contribution < 1.29 is 27.6 Å². The lowest BCUT2D eigenvalue weighted by Gasteiger charge is -2.33. The van der Waals surface area contributed by atoms with Crippen molar-refractivity contribution >= 4 is 23.4 Å². The lowest BCUT2D eigenvalue weighted by Crippen LogP contribution is -2.45. The Bertz CT molecular complexity index is 1270. The molecule has 10 heteroatoms. The molecule has 0 aliphatic carbocycles. The Morgan fingerprint density at radius 3 is 2.29 bits per heavy atom. The third kappa shape index (κ3) is 6.76. The molecule has 0 saturated carbocycles. The molecule has 0 atom stereocenters. The molecule has 2 heterocycles. The van der Waals surface area contributed by atoms with E-state index in [1.807, 2.05) is 41.3 Å². The van der Waals surface area contributed by atoms with Crippen LogP contribution in [0.5, 0.6) is 0 Å². The van der Waals surface area contributed by atoms with Crippen LogP contribution in [0.25, 0.3) is 11.1 Å². The Kier molecular flexibility index (Phi) is 8.40. The minimum Gasteiger partial charge on any atom is -0.341 e. The highest BCUT2D eigenvalue weighted by Crippen LogP contribution is 2.27. The van der Waals surface area contributed by atoms with Crippen molar-refractivity contribution in [3.8, 4) is 11.1 Å². The van der Waals surface area contributed by atoms with E-state index in [1.54, 1.807) is 34.7 Å². The predicted molar refractivity (Wildman–Crippen MR) is 137 cm³/mol. The van der Waals surface area contributed by atoms with Gasteiger partial charge >= 0.3 is 18.1 Å². The number of Topliss-reactive ketones (excluding diaryl/α,β-unsaturated/α-hetero) is 1. The number of pyridine rings is 1. The van der Waals surface area contributed by atoms with Crippen molar-refractivity contribution in [2.45, 2.75) is 32.0 Å². The molecule has 3 aromatic rings. The number of aromatic nitrogens is 1. The van der Waals surface area contributed by atoms with Crippen LogP contribution in [-0.4, -0.2) is 53.4 Å². The van der Waals surface area contributed by atoms with E-state index in [0.29, 0.717) is 18.8 Å². The SMILES string of the molecule is O=C(CNC(=O)C(F)(F)F)c1ccc(CN(C(=O)N2CCCCC2)c2cccc(-c3cccnc3)c2)cc1. The molecule has 7 nitrogen and oxygen atoms in total. The molecule has 1 aromatic heterocycles. The molecule has 1 aliphatic rings. The average Bonchev–Trinajstić information content (AvgIpc) is 2.95. The lowest BCUT2D eigenvalue weighted by atomic mass is 10.1. The third-order valence-electron chi connectivity index (χ3n) is 6.29. The molecule has 1 N–H and O–H groups in total. The summed E-state index contributed by atoms with van der Waals surface area (Å²) in [6.07, 6.45) is 1.36. The van der Waals surface area contributed by atoms with E-state index >= 15 is 0 Å². The van der Waals surface area contributed by atoms with Gasteiger partial charge in [-0.3, -0.25) is 19.5 Å². The summed E-state index contributed by atoms with van der Waals surface area (Å²) in [7, 11) is 0. The maximum absolute atomic E-state index is 13.6. The molecule has 3 amide bonds. The minimum absolute atomic E-state index is 0.122. The fourth-order valence-electron chi connectivity index (χ4n) is 4.25. The highest BCUT2D eigenvalue weighted by atomic mass is 19.4. The van der Waals surface area contributed by atoms with Gasteiger partial charge in [-0.05, 0) is 48.6 Å². The number of likely N-dealkylation sites (tertiary alicyclic amines) is 1. The molecule has 2 aromatic carbocycles. The van der Waals surface area contributed by atoms with E-state index in [9.17, 15) is 27.6 Å². The van der Waals surface area contributed by atoms with E-state index in [2.05, 4.69) is 4.98 Å². The highest BCUT2D eigenvalue weighted by Gasteiger charge is 2.38. The van der Waals surface area contributed by atoms with Crippen LogP contribution in [0.3, 0.4) is 0 Å². The molecule has 0 unspecified atom stereocenters. The fourth-order valence-corrected chi connectivity index (χ4v) is 4.25. The van der Waals surface area contributed by atoms with E-state index in [-0.39, 0.29) is 18.1 Å². The first kappa shape index (κ1) is 26.8. The average molecular weight is 525 g/mol. The number of benzene rings is 2. The van der Waals surface area contributed by atoms with Crippen LogP contribution in [0, 0.1) is 0 Å². The van der Waals surface area contributed by atoms with Crippen molar-refractivity contribution in [1.82, 2.24) is 15.2 Å². The minimum atomic E-state index is -5.05. The third-order valence-corrected chi connectivity index (χ3v) is 6.29. The zero-order chi connectivity index (χ0) is 27.1. The molecule has 1 fully saturated rings. The lowest BCUT2D eigenvalue weighted by molar-refractivity contribution is -0.173. The molecule has 1 aliphatic heterocycles. The number of nitrogens with zero attached hydrogens (tertiary/aromatic N) is 3. The summed E-state index contributed by atoms with van der Waals surface area (Å²) in [6.45, 7) is 0.812. The van der Waals surface area contributed by atoms with Gasteiger partial charge in [-0.15, -0.1) is 0 Å². The molecule has 1 saturated heterocycles. The number of urea groups is 1. The number of ketones is 1. The van der Waals surface area contributed by atoms with Crippen molar-refractivity contribution in [1.29, 1.82) is 0 Å². The Hall–Kier alpha value is -4.21. The molecular formula is C28H27F3N4O3. The molecule has 0 radical (unpaired) electrons. The van der Waals surface area contributed by atoms with E-state index in [4.69, 9.17) is 0 Å². The van der Waals surface area contributed by atoms with Crippen molar-refractivity contribution in [3.63, 3.8) is 0 Å². The Morgan fingerprint density at radius 1 is 0.921 bits per heavy atom. The second kappa shape index (κ2) is 11.9. The Morgan fingerprint density at radius 2 is 1.63 bits per heavy atom. The first-order valence-electron chi connectivity index (χ1n) is 12.3. The number of anilines is 1. The topological polar surface area (TPSA) is 82.6 Å². The molecule has 38 heavy (non-hydrogen) atoms. The van der Waals surface area contributed by atoms with Crippen LogP contribution in [0.4, 0.5) is 23.7 Å². The van der Waals surface area contributed by atoms with Crippen LogP contribution in [0.15, 0.2) is 73.1 Å². The second-order valence-electron chi connectivity index (χ2n) is 9.01. The summed E-state index contributed by atoms with van der Waals surface area (Å²) in [5, 5.41) is 1.58. The maximum Gasteiger partial charge on any atom is 0.471 e. The standard InChI is InChI=1S/C28H27F3N4O3/c29-28(30,31)26(37)33-18-25(36)21-11-9-20(10-12-21)19-35(27(38)34-14-2-1-3-15-34)24-8-4-6-22(16-24)23-7-5-13-32-17-23/h4-13,16-17H,1-3,14-15,18-19H2,(H,33,37). The summed E-state index contributed by atoms with van der Waals surface area (Å²) >= 11 is 0. The Labute approximate surface area is 218 Å². The summed E-state index contributed by atoms with van der Waals surface area (Å²) in [5.74, 6) is -2.82. The fraction of sp³-hybridized carbons (Fsp3) is 0.286.